The molecule has 1 amide bonds. The molecule has 3 nitrogen and oxygen atoms in total. The predicted octanol–water partition coefficient (Wildman–Crippen LogP) is 3.84. The fraction of sp³-hybridized carbons (Fsp3) is 0.588. The Kier molecular flexibility index (Phi) is 7.97. The van der Waals surface area contributed by atoms with Gasteiger partial charge in [0, 0.05) is 5.69 Å². The van der Waals surface area contributed by atoms with Gasteiger partial charge in [-0.15, -0.1) is 0 Å². The number of carbonyl (C=O) groups excluding carboxylic acids is 1. The van der Waals surface area contributed by atoms with Gasteiger partial charge in [-0.05, 0) is 45.0 Å². The fourth-order valence-corrected chi connectivity index (χ4v) is 2.07. The van der Waals surface area contributed by atoms with E-state index in [9.17, 15) is 4.79 Å². The normalized spacial score (nSPS) is 10.8. The second-order valence-electron chi connectivity index (χ2n) is 5.40. The summed E-state index contributed by atoms with van der Waals surface area (Å²) < 4.78 is 0. The standard InChI is InChI=1S/C17H28N2O/c1-4-6-12-19(13-7-5-2)14-17(20)18-16-10-8-15(3)9-11-16/h8-11H,4-7,12-14H2,1-3H3,(H,18,20). The van der Waals surface area contributed by atoms with Gasteiger partial charge in [0.05, 0.1) is 6.54 Å². The highest BCUT2D eigenvalue weighted by Gasteiger charge is 2.10. The lowest BCUT2D eigenvalue weighted by atomic mass is 10.2. The number of rotatable bonds is 9. The van der Waals surface area contributed by atoms with Crippen molar-refractivity contribution in [3.05, 3.63) is 29.8 Å². The maximum absolute atomic E-state index is 12.1. The second-order valence-corrected chi connectivity index (χ2v) is 5.40. The first-order valence-electron chi connectivity index (χ1n) is 7.74. The van der Waals surface area contributed by atoms with E-state index >= 15 is 0 Å². The highest BCUT2D eigenvalue weighted by molar-refractivity contribution is 5.92. The van der Waals surface area contributed by atoms with Crippen molar-refractivity contribution in [1.82, 2.24) is 4.90 Å². The van der Waals surface area contributed by atoms with Crippen LogP contribution >= 0.6 is 0 Å². The summed E-state index contributed by atoms with van der Waals surface area (Å²) >= 11 is 0. The molecule has 0 unspecified atom stereocenters. The van der Waals surface area contributed by atoms with Gasteiger partial charge in [0.25, 0.3) is 0 Å². The minimum atomic E-state index is 0.0843. The van der Waals surface area contributed by atoms with Crippen LogP contribution in [0.15, 0.2) is 24.3 Å². The third kappa shape index (κ3) is 6.71. The minimum absolute atomic E-state index is 0.0843. The first-order chi connectivity index (χ1) is 9.65. The largest absolute Gasteiger partial charge is 0.325 e. The molecule has 0 aliphatic heterocycles. The Balaban J connectivity index is 2.45. The topological polar surface area (TPSA) is 32.3 Å². The van der Waals surface area contributed by atoms with E-state index in [4.69, 9.17) is 0 Å². The molecule has 1 N–H and O–H groups in total. The van der Waals surface area contributed by atoms with Crippen molar-refractivity contribution in [2.24, 2.45) is 0 Å². The Morgan fingerprint density at radius 2 is 1.60 bits per heavy atom. The van der Waals surface area contributed by atoms with E-state index in [1.807, 2.05) is 31.2 Å². The van der Waals surface area contributed by atoms with Crippen molar-refractivity contribution in [3.63, 3.8) is 0 Å². The summed E-state index contributed by atoms with van der Waals surface area (Å²) in [6, 6.07) is 7.94. The Morgan fingerprint density at radius 1 is 1.05 bits per heavy atom. The zero-order valence-electron chi connectivity index (χ0n) is 13.1. The van der Waals surface area contributed by atoms with Crippen molar-refractivity contribution < 1.29 is 4.79 Å². The van der Waals surface area contributed by atoms with E-state index in [0.717, 1.165) is 31.6 Å². The summed E-state index contributed by atoms with van der Waals surface area (Å²) in [5.74, 6) is 0.0843. The number of amides is 1. The van der Waals surface area contributed by atoms with Crippen LogP contribution in [0.5, 0.6) is 0 Å². The van der Waals surface area contributed by atoms with E-state index in [2.05, 4.69) is 24.1 Å². The molecule has 20 heavy (non-hydrogen) atoms. The number of aryl methyl sites for hydroxylation is 1. The van der Waals surface area contributed by atoms with Gasteiger partial charge >= 0.3 is 0 Å². The highest BCUT2D eigenvalue weighted by Crippen LogP contribution is 2.09. The van der Waals surface area contributed by atoms with Crippen LogP contribution in [0.4, 0.5) is 5.69 Å². The number of carbonyl (C=O) groups is 1. The third-order valence-electron chi connectivity index (χ3n) is 3.36. The van der Waals surface area contributed by atoms with Crippen molar-refractivity contribution in [2.75, 3.05) is 25.0 Å². The van der Waals surface area contributed by atoms with Gasteiger partial charge in [0.2, 0.25) is 5.91 Å². The molecule has 0 fully saturated rings. The summed E-state index contributed by atoms with van der Waals surface area (Å²) in [5, 5.41) is 2.97. The average Bonchev–Trinajstić information content (AvgIpc) is 2.44. The molecule has 112 valence electrons. The first-order valence-corrected chi connectivity index (χ1v) is 7.74. The second kappa shape index (κ2) is 9.54. The lowest BCUT2D eigenvalue weighted by Crippen LogP contribution is -2.34. The number of anilines is 1. The van der Waals surface area contributed by atoms with Crippen LogP contribution < -0.4 is 5.32 Å². The monoisotopic (exact) mass is 276 g/mol. The lowest BCUT2D eigenvalue weighted by Gasteiger charge is -2.21. The molecule has 0 aliphatic rings. The first kappa shape index (κ1) is 16.7. The summed E-state index contributed by atoms with van der Waals surface area (Å²) in [5.41, 5.74) is 2.09. The van der Waals surface area contributed by atoms with Crippen molar-refractivity contribution in [2.45, 2.75) is 46.5 Å². The third-order valence-corrected chi connectivity index (χ3v) is 3.36. The Labute approximate surface area is 123 Å². The Morgan fingerprint density at radius 3 is 2.10 bits per heavy atom. The molecule has 0 atom stereocenters. The van der Waals surface area contributed by atoms with Crippen LogP contribution in [0.1, 0.15) is 45.1 Å². The van der Waals surface area contributed by atoms with E-state index in [0.29, 0.717) is 6.54 Å². The number of hydrogen-bond donors (Lipinski definition) is 1. The quantitative estimate of drug-likeness (QED) is 0.743. The average molecular weight is 276 g/mol. The van der Waals surface area contributed by atoms with Crippen LogP contribution in [-0.4, -0.2) is 30.4 Å². The molecule has 0 heterocycles. The highest BCUT2D eigenvalue weighted by atomic mass is 16.2. The van der Waals surface area contributed by atoms with Gasteiger partial charge in [-0.1, -0.05) is 44.4 Å². The molecule has 0 aromatic heterocycles. The van der Waals surface area contributed by atoms with Crippen molar-refractivity contribution in [1.29, 1.82) is 0 Å². The SMILES string of the molecule is CCCCN(CCCC)CC(=O)Nc1ccc(C)cc1. The molecule has 0 spiro atoms. The fourth-order valence-electron chi connectivity index (χ4n) is 2.07. The van der Waals surface area contributed by atoms with E-state index in [1.54, 1.807) is 0 Å². The molecule has 0 aliphatic carbocycles. The van der Waals surface area contributed by atoms with E-state index in [-0.39, 0.29) is 5.91 Å². The molecule has 0 bridgehead atoms. The van der Waals surface area contributed by atoms with E-state index in [1.165, 1.54) is 18.4 Å². The summed E-state index contributed by atoms with van der Waals surface area (Å²) in [4.78, 5) is 14.3. The van der Waals surface area contributed by atoms with Gasteiger partial charge in [0.15, 0.2) is 0 Å². The van der Waals surface area contributed by atoms with Crippen LogP contribution in [-0.2, 0) is 4.79 Å². The van der Waals surface area contributed by atoms with Gasteiger partial charge in [-0.25, -0.2) is 0 Å². The van der Waals surface area contributed by atoms with Crippen LogP contribution in [0.3, 0.4) is 0 Å². The van der Waals surface area contributed by atoms with Crippen LogP contribution in [0.25, 0.3) is 0 Å². The number of benzene rings is 1. The zero-order valence-corrected chi connectivity index (χ0v) is 13.1. The molecule has 0 radical (unpaired) electrons. The molecule has 0 saturated heterocycles. The maximum Gasteiger partial charge on any atom is 0.238 e. The minimum Gasteiger partial charge on any atom is -0.325 e. The van der Waals surface area contributed by atoms with Crippen LogP contribution in [0, 0.1) is 6.92 Å². The molecular weight excluding hydrogens is 248 g/mol. The molecule has 1 rings (SSSR count). The number of unbranched alkanes of at least 4 members (excludes halogenated alkanes) is 2. The van der Waals surface area contributed by atoms with Gasteiger partial charge in [-0.2, -0.15) is 0 Å². The Hall–Kier alpha value is -1.35. The van der Waals surface area contributed by atoms with Crippen molar-refractivity contribution in [3.8, 4) is 0 Å². The van der Waals surface area contributed by atoms with Gasteiger partial charge < -0.3 is 5.32 Å². The Bertz CT molecular complexity index is 378. The molecule has 0 saturated carbocycles. The van der Waals surface area contributed by atoms with Gasteiger partial charge in [0.1, 0.15) is 0 Å². The summed E-state index contributed by atoms with van der Waals surface area (Å²) in [6.45, 7) is 8.93. The number of hydrogen-bond acceptors (Lipinski definition) is 2. The maximum atomic E-state index is 12.1. The van der Waals surface area contributed by atoms with Crippen LogP contribution in [0.2, 0.25) is 0 Å². The molecular formula is C17H28N2O. The summed E-state index contributed by atoms with van der Waals surface area (Å²) in [7, 11) is 0. The molecule has 1 aromatic carbocycles. The number of nitrogens with one attached hydrogen (secondary N) is 1. The van der Waals surface area contributed by atoms with Crippen molar-refractivity contribution >= 4 is 11.6 Å². The lowest BCUT2D eigenvalue weighted by molar-refractivity contribution is -0.117. The number of nitrogens with zero attached hydrogens (tertiary/aromatic N) is 1. The van der Waals surface area contributed by atoms with Gasteiger partial charge in [-0.3, -0.25) is 9.69 Å². The summed E-state index contributed by atoms with van der Waals surface area (Å²) in [6.07, 6.45) is 4.65. The zero-order chi connectivity index (χ0) is 14.8. The van der Waals surface area contributed by atoms with E-state index < -0.39 is 0 Å². The molecule has 1 aromatic rings. The smallest absolute Gasteiger partial charge is 0.238 e. The predicted molar refractivity (Wildman–Crippen MR) is 86.1 cm³/mol. The molecule has 3 heteroatoms.